The molecule has 3 heterocycles. The number of carbonyl (C=O) groups is 1. The van der Waals surface area contributed by atoms with Crippen LogP contribution in [-0.4, -0.2) is 16.1 Å². The van der Waals surface area contributed by atoms with Gasteiger partial charge in [0.1, 0.15) is 17.2 Å². The molecule has 0 spiro atoms. The molecular weight excluding hydrogens is 368 g/mol. The summed E-state index contributed by atoms with van der Waals surface area (Å²) in [6, 6.07) is 15.3. The predicted molar refractivity (Wildman–Crippen MR) is 101 cm³/mol. The Labute approximate surface area is 157 Å². The van der Waals surface area contributed by atoms with Crippen LogP contribution in [0, 0.1) is 6.92 Å². The molecule has 130 valence electrons. The zero-order valence-electron chi connectivity index (χ0n) is 13.8. The number of aryl methyl sites for hydroxylation is 1. The smallest absolute Gasteiger partial charge is 0.351 e. The molecule has 5 nitrogen and oxygen atoms in total. The van der Waals surface area contributed by atoms with Gasteiger partial charge in [-0.1, -0.05) is 41.6 Å². The number of carbonyl (C=O) groups excluding carboxylic acids is 1. The number of benzene rings is 1. The topological polar surface area (TPSA) is 65.2 Å². The summed E-state index contributed by atoms with van der Waals surface area (Å²) in [6.07, 6.45) is 0. The first kappa shape index (κ1) is 16.7. The molecule has 4 aromatic rings. The first-order chi connectivity index (χ1) is 12.7. The lowest BCUT2D eigenvalue weighted by Crippen LogP contribution is -2.05. The van der Waals surface area contributed by atoms with Gasteiger partial charge in [-0.25, -0.2) is 9.78 Å². The van der Waals surface area contributed by atoms with Gasteiger partial charge in [0.05, 0.1) is 15.6 Å². The lowest BCUT2D eigenvalue weighted by Gasteiger charge is -2.03. The highest BCUT2D eigenvalue weighted by atomic mass is 32.1. The Hall–Kier alpha value is -2.77. The van der Waals surface area contributed by atoms with Crippen LogP contribution in [0.1, 0.15) is 20.4 Å². The van der Waals surface area contributed by atoms with E-state index in [0.717, 1.165) is 15.4 Å². The van der Waals surface area contributed by atoms with Crippen molar-refractivity contribution in [3.05, 3.63) is 69.5 Å². The third kappa shape index (κ3) is 3.44. The summed E-state index contributed by atoms with van der Waals surface area (Å²) in [7, 11) is 0. The zero-order chi connectivity index (χ0) is 17.9. The standard InChI is InChI=1S/C19H14N2O3S2/c1-12-20-17(13-6-3-2-4-7-13)18(26-12)19(22)23-11-14-10-15(24-21-14)16-8-5-9-25-16/h2-10H,11H2,1H3. The van der Waals surface area contributed by atoms with Gasteiger partial charge >= 0.3 is 5.97 Å². The molecule has 4 rings (SSSR count). The van der Waals surface area contributed by atoms with E-state index in [2.05, 4.69) is 10.1 Å². The number of thiazole rings is 1. The molecule has 0 fully saturated rings. The first-order valence-corrected chi connectivity index (χ1v) is 9.60. The molecule has 0 amide bonds. The minimum absolute atomic E-state index is 0.0545. The molecule has 0 aliphatic heterocycles. The van der Waals surface area contributed by atoms with E-state index in [-0.39, 0.29) is 6.61 Å². The summed E-state index contributed by atoms with van der Waals surface area (Å²) in [5.41, 5.74) is 2.12. The largest absolute Gasteiger partial charge is 0.455 e. The number of hydrogen-bond donors (Lipinski definition) is 0. The lowest BCUT2D eigenvalue weighted by molar-refractivity contribution is 0.0471. The Balaban J connectivity index is 1.49. The van der Waals surface area contributed by atoms with Crippen molar-refractivity contribution in [1.29, 1.82) is 0 Å². The van der Waals surface area contributed by atoms with Crippen molar-refractivity contribution in [3.63, 3.8) is 0 Å². The molecule has 0 aliphatic rings. The summed E-state index contributed by atoms with van der Waals surface area (Å²) in [5, 5.41) is 6.75. The molecule has 0 saturated heterocycles. The highest BCUT2D eigenvalue weighted by molar-refractivity contribution is 7.14. The Kier molecular flexibility index (Phi) is 4.64. The van der Waals surface area contributed by atoms with E-state index in [0.29, 0.717) is 22.0 Å². The average Bonchev–Trinajstić information content (AvgIpc) is 3.40. The van der Waals surface area contributed by atoms with Crippen LogP contribution in [0.4, 0.5) is 0 Å². The molecule has 3 aromatic heterocycles. The van der Waals surface area contributed by atoms with E-state index >= 15 is 0 Å². The van der Waals surface area contributed by atoms with Crippen molar-refractivity contribution < 1.29 is 14.1 Å². The SMILES string of the molecule is Cc1nc(-c2ccccc2)c(C(=O)OCc2cc(-c3cccs3)on2)s1. The van der Waals surface area contributed by atoms with Crippen LogP contribution in [-0.2, 0) is 11.3 Å². The molecule has 0 saturated carbocycles. The van der Waals surface area contributed by atoms with Crippen LogP contribution in [0.15, 0.2) is 58.4 Å². The molecular formula is C19H14N2O3S2. The van der Waals surface area contributed by atoms with E-state index in [4.69, 9.17) is 9.26 Å². The molecule has 0 aliphatic carbocycles. The van der Waals surface area contributed by atoms with Crippen LogP contribution in [0.25, 0.3) is 21.9 Å². The molecule has 26 heavy (non-hydrogen) atoms. The van der Waals surface area contributed by atoms with Crippen LogP contribution in [0.3, 0.4) is 0 Å². The Bertz CT molecular complexity index is 1020. The van der Waals surface area contributed by atoms with Gasteiger partial charge in [-0.15, -0.1) is 22.7 Å². The summed E-state index contributed by atoms with van der Waals surface area (Å²) in [6.45, 7) is 1.93. The van der Waals surface area contributed by atoms with Crippen LogP contribution in [0.2, 0.25) is 0 Å². The number of nitrogens with zero attached hydrogens (tertiary/aromatic N) is 2. The van der Waals surface area contributed by atoms with Crippen molar-refractivity contribution in [1.82, 2.24) is 10.1 Å². The van der Waals surface area contributed by atoms with Gasteiger partial charge in [-0.05, 0) is 18.4 Å². The van der Waals surface area contributed by atoms with Gasteiger partial charge in [0.25, 0.3) is 0 Å². The van der Waals surface area contributed by atoms with Gasteiger partial charge in [-0.2, -0.15) is 0 Å². The number of hydrogen-bond acceptors (Lipinski definition) is 7. The monoisotopic (exact) mass is 382 g/mol. The summed E-state index contributed by atoms with van der Waals surface area (Å²) < 4.78 is 10.7. The second-order valence-electron chi connectivity index (χ2n) is 5.51. The Morgan fingerprint density at radius 1 is 1.19 bits per heavy atom. The van der Waals surface area contributed by atoms with Gasteiger partial charge in [0, 0.05) is 11.6 Å². The predicted octanol–water partition coefficient (Wildman–Crippen LogP) is 5.19. The average molecular weight is 382 g/mol. The van der Waals surface area contributed by atoms with Crippen molar-refractivity contribution in [2.24, 2.45) is 0 Å². The second-order valence-corrected chi connectivity index (χ2v) is 7.66. The summed E-state index contributed by atoms with van der Waals surface area (Å²) in [4.78, 5) is 18.5. The third-order valence-corrected chi connectivity index (χ3v) is 5.48. The highest BCUT2D eigenvalue weighted by Crippen LogP contribution is 2.29. The minimum Gasteiger partial charge on any atom is -0.455 e. The molecule has 1 aromatic carbocycles. The van der Waals surface area contributed by atoms with Crippen molar-refractivity contribution in [2.45, 2.75) is 13.5 Å². The molecule has 0 bridgehead atoms. The fourth-order valence-corrected chi connectivity index (χ4v) is 3.98. The maximum Gasteiger partial charge on any atom is 0.351 e. The molecule has 0 N–H and O–H groups in total. The van der Waals surface area contributed by atoms with E-state index in [1.807, 2.05) is 54.8 Å². The molecule has 0 radical (unpaired) electrons. The van der Waals surface area contributed by atoms with Crippen LogP contribution in [0.5, 0.6) is 0 Å². The van der Waals surface area contributed by atoms with Gasteiger partial charge in [-0.3, -0.25) is 0 Å². The quantitative estimate of drug-likeness (QED) is 0.444. The summed E-state index contributed by atoms with van der Waals surface area (Å²) in [5.74, 6) is 0.264. The van der Waals surface area contributed by atoms with Crippen LogP contribution >= 0.6 is 22.7 Å². The van der Waals surface area contributed by atoms with E-state index in [9.17, 15) is 4.79 Å². The molecule has 7 heteroatoms. The maximum atomic E-state index is 12.6. The minimum atomic E-state index is -0.407. The van der Waals surface area contributed by atoms with Gasteiger partial charge in [0.15, 0.2) is 5.76 Å². The number of rotatable bonds is 5. The van der Waals surface area contributed by atoms with E-state index < -0.39 is 5.97 Å². The van der Waals surface area contributed by atoms with Crippen LogP contribution < -0.4 is 0 Å². The lowest BCUT2D eigenvalue weighted by atomic mass is 10.1. The van der Waals surface area contributed by atoms with Crippen molar-refractivity contribution in [2.75, 3.05) is 0 Å². The van der Waals surface area contributed by atoms with Gasteiger partial charge in [0.2, 0.25) is 0 Å². The number of ether oxygens (including phenoxy) is 1. The normalized spacial score (nSPS) is 10.8. The first-order valence-electron chi connectivity index (χ1n) is 7.90. The summed E-state index contributed by atoms with van der Waals surface area (Å²) >= 11 is 2.89. The van der Waals surface area contributed by atoms with Crippen molar-refractivity contribution in [3.8, 4) is 21.9 Å². The van der Waals surface area contributed by atoms with E-state index in [1.165, 1.54) is 11.3 Å². The van der Waals surface area contributed by atoms with Gasteiger partial charge < -0.3 is 9.26 Å². The fourth-order valence-electron chi connectivity index (χ4n) is 2.48. The number of thiophene rings is 1. The van der Waals surface area contributed by atoms with Crippen molar-refractivity contribution >= 4 is 28.6 Å². The Morgan fingerprint density at radius 2 is 2.04 bits per heavy atom. The number of aromatic nitrogens is 2. The maximum absolute atomic E-state index is 12.6. The molecule has 0 unspecified atom stereocenters. The fraction of sp³-hybridized carbons (Fsp3) is 0.105. The zero-order valence-corrected chi connectivity index (χ0v) is 15.5. The second kappa shape index (κ2) is 7.23. The molecule has 0 atom stereocenters. The Morgan fingerprint density at radius 3 is 2.81 bits per heavy atom. The highest BCUT2D eigenvalue weighted by Gasteiger charge is 2.20. The van der Waals surface area contributed by atoms with E-state index in [1.54, 1.807) is 17.4 Å². The third-order valence-electron chi connectivity index (χ3n) is 3.64. The number of esters is 1.